The molecule has 5 nitrogen and oxygen atoms in total. The number of carbonyl (C=O) groups excluding carboxylic acids is 1. The normalized spacial score (nSPS) is 28.5. The van der Waals surface area contributed by atoms with Crippen molar-refractivity contribution >= 4 is 15.7 Å². The highest BCUT2D eigenvalue weighted by Crippen LogP contribution is 2.36. The summed E-state index contributed by atoms with van der Waals surface area (Å²) in [6, 6.07) is 6.11. The molecule has 1 aromatic rings. The van der Waals surface area contributed by atoms with Gasteiger partial charge in [-0.2, -0.15) is 0 Å². The van der Waals surface area contributed by atoms with E-state index in [1.807, 2.05) is 30.0 Å². The van der Waals surface area contributed by atoms with Crippen molar-refractivity contribution in [3.05, 3.63) is 29.3 Å². The Bertz CT molecular complexity index is 743. The molecule has 0 N–H and O–H groups in total. The minimum absolute atomic E-state index is 0.000154. The lowest BCUT2D eigenvalue weighted by molar-refractivity contribution is -0.137. The minimum atomic E-state index is -2.94. The van der Waals surface area contributed by atoms with E-state index >= 15 is 0 Å². The molecular formula is C18H25NO4S. The van der Waals surface area contributed by atoms with Crippen LogP contribution in [0.15, 0.2) is 18.2 Å². The van der Waals surface area contributed by atoms with E-state index in [-0.39, 0.29) is 35.4 Å². The zero-order valence-corrected chi connectivity index (χ0v) is 15.3. The molecule has 0 aromatic heterocycles. The van der Waals surface area contributed by atoms with E-state index in [4.69, 9.17) is 4.74 Å². The van der Waals surface area contributed by atoms with Crippen LogP contribution in [0.5, 0.6) is 5.75 Å². The van der Waals surface area contributed by atoms with Crippen LogP contribution in [0.3, 0.4) is 0 Å². The third-order valence-electron chi connectivity index (χ3n) is 5.29. The van der Waals surface area contributed by atoms with Crippen LogP contribution in [0.1, 0.15) is 43.9 Å². The largest absolute Gasteiger partial charge is 0.497 e. The fourth-order valence-electron chi connectivity index (χ4n) is 4.09. The lowest BCUT2D eigenvalue weighted by atomic mass is 9.88. The maximum Gasteiger partial charge on any atom is 0.223 e. The van der Waals surface area contributed by atoms with Crippen LogP contribution in [0, 0.1) is 5.92 Å². The Morgan fingerprint density at radius 2 is 2.08 bits per heavy atom. The molecule has 132 valence electrons. The first-order valence-corrected chi connectivity index (χ1v) is 10.3. The fourth-order valence-corrected chi connectivity index (χ4v) is 5.95. The van der Waals surface area contributed by atoms with E-state index in [0.29, 0.717) is 12.8 Å². The second-order valence-electron chi connectivity index (χ2n) is 7.07. The minimum Gasteiger partial charge on any atom is -0.497 e. The van der Waals surface area contributed by atoms with Crippen LogP contribution in [0.2, 0.25) is 0 Å². The second-order valence-corrected chi connectivity index (χ2v) is 9.30. The summed E-state index contributed by atoms with van der Waals surface area (Å²) in [6.07, 6.45) is 1.74. The molecule has 24 heavy (non-hydrogen) atoms. The third kappa shape index (κ3) is 3.29. The van der Waals surface area contributed by atoms with E-state index in [0.717, 1.165) is 17.7 Å². The van der Waals surface area contributed by atoms with Gasteiger partial charge in [0, 0.05) is 12.5 Å². The van der Waals surface area contributed by atoms with Crippen LogP contribution < -0.4 is 4.74 Å². The molecule has 3 atom stereocenters. The summed E-state index contributed by atoms with van der Waals surface area (Å²) in [5, 5.41) is 0. The molecule has 1 amide bonds. The fraction of sp³-hybridized carbons (Fsp3) is 0.611. The molecule has 0 aliphatic carbocycles. The summed E-state index contributed by atoms with van der Waals surface area (Å²) < 4.78 is 28.5. The van der Waals surface area contributed by atoms with Crippen molar-refractivity contribution in [1.82, 2.24) is 4.90 Å². The number of carbonyl (C=O) groups is 1. The molecule has 1 aromatic carbocycles. The van der Waals surface area contributed by atoms with Gasteiger partial charge in [-0.25, -0.2) is 8.42 Å². The molecular weight excluding hydrogens is 326 g/mol. The van der Waals surface area contributed by atoms with E-state index in [1.165, 1.54) is 5.56 Å². The summed E-state index contributed by atoms with van der Waals surface area (Å²) >= 11 is 0. The Morgan fingerprint density at radius 1 is 1.33 bits per heavy atom. The molecule has 0 spiro atoms. The first-order valence-electron chi connectivity index (χ1n) is 8.49. The standard InChI is InChI=1S/C18H25NO4S/c1-12-8-15-10-16(23-3)4-5-17(15)13(2)19(12)18(20)9-14-6-7-24(21,22)11-14/h4-5,10,12-14H,6-9,11H2,1-3H3/t12-,13+,14+/m0/s1. The van der Waals surface area contributed by atoms with Gasteiger partial charge in [0.25, 0.3) is 0 Å². The quantitative estimate of drug-likeness (QED) is 0.839. The van der Waals surface area contributed by atoms with Crippen molar-refractivity contribution in [2.75, 3.05) is 18.6 Å². The zero-order valence-electron chi connectivity index (χ0n) is 14.5. The van der Waals surface area contributed by atoms with Crippen molar-refractivity contribution in [2.45, 2.75) is 45.2 Å². The van der Waals surface area contributed by atoms with Gasteiger partial charge in [-0.15, -0.1) is 0 Å². The predicted octanol–water partition coefficient (Wildman–Crippen LogP) is 2.35. The van der Waals surface area contributed by atoms with Gasteiger partial charge in [-0.05, 0) is 55.9 Å². The molecule has 1 fully saturated rings. The van der Waals surface area contributed by atoms with Crippen LogP contribution in [-0.4, -0.2) is 43.9 Å². The summed E-state index contributed by atoms with van der Waals surface area (Å²) in [5.74, 6) is 1.25. The highest BCUT2D eigenvalue weighted by molar-refractivity contribution is 7.91. The predicted molar refractivity (Wildman–Crippen MR) is 92.8 cm³/mol. The summed E-state index contributed by atoms with van der Waals surface area (Å²) in [4.78, 5) is 14.8. The molecule has 2 aliphatic rings. The maximum atomic E-state index is 12.8. The number of sulfone groups is 1. The van der Waals surface area contributed by atoms with E-state index in [9.17, 15) is 13.2 Å². The van der Waals surface area contributed by atoms with Gasteiger partial charge in [0.05, 0.1) is 24.7 Å². The molecule has 3 rings (SSSR count). The number of ether oxygens (including phenoxy) is 1. The lowest BCUT2D eigenvalue weighted by Crippen LogP contribution is -2.45. The number of benzene rings is 1. The monoisotopic (exact) mass is 351 g/mol. The van der Waals surface area contributed by atoms with Crippen molar-refractivity contribution in [3.8, 4) is 5.75 Å². The zero-order chi connectivity index (χ0) is 17.5. The average Bonchev–Trinajstić information content (AvgIpc) is 2.85. The van der Waals surface area contributed by atoms with Crippen molar-refractivity contribution < 1.29 is 17.9 Å². The number of fused-ring (bicyclic) bond motifs is 1. The lowest BCUT2D eigenvalue weighted by Gasteiger charge is -2.41. The summed E-state index contributed by atoms with van der Waals surface area (Å²) in [6.45, 7) is 4.10. The van der Waals surface area contributed by atoms with Gasteiger partial charge in [0.15, 0.2) is 9.84 Å². The Balaban J connectivity index is 1.77. The van der Waals surface area contributed by atoms with E-state index in [1.54, 1.807) is 7.11 Å². The maximum absolute atomic E-state index is 12.8. The molecule has 0 saturated carbocycles. The second kappa shape index (κ2) is 6.39. The van der Waals surface area contributed by atoms with Gasteiger partial charge in [0.2, 0.25) is 5.91 Å². The SMILES string of the molecule is COc1ccc2c(c1)C[C@H](C)N(C(=O)C[C@H]1CCS(=O)(=O)C1)[C@@H]2C. The molecule has 2 heterocycles. The Kier molecular flexibility index (Phi) is 4.60. The highest BCUT2D eigenvalue weighted by atomic mass is 32.2. The van der Waals surface area contributed by atoms with Crippen LogP contribution in [0.4, 0.5) is 0 Å². The molecule has 2 aliphatic heterocycles. The third-order valence-corrected chi connectivity index (χ3v) is 7.12. The Morgan fingerprint density at radius 3 is 2.71 bits per heavy atom. The summed E-state index contributed by atoms with van der Waals surface area (Å²) in [7, 11) is -1.28. The van der Waals surface area contributed by atoms with E-state index < -0.39 is 9.84 Å². The topological polar surface area (TPSA) is 63.7 Å². The first kappa shape index (κ1) is 17.3. The number of hydrogen-bond acceptors (Lipinski definition) is 4. The molecule has 1 saturated heterocycles. The van der Waals surface area contributed by atoms with Crippen molar-refractivity contribution in [1.29, 1.82) is 0 Å². The molecule has 0 radical (unpaired) electrons. The number of amides is 1. The smallest absolute Gasteiger partial charge is 0.223 e. The first-order chi connectivity index (χ1) is 11.3. The number of rotatable bonds is 3. The van der Waals surface area contributed by atoms with Crippen molar-refractivity contribution in [3.63, 3.8) is 0 Å². The van der Waals surface area contributed by atoms with E-state index in [2.05, 4.69) is 6.92 Å². The average molecular weight is 351 g/mol. The van der Waals surface area contributed by atoms with Gasteiger partial charge >= 0.3 is 0 Å². The van der Waals surface area contributed by atoms with Crippen LogP contribution in [0.25, 0.3) is 0 Å². The molecule has 6 heteroatoms. The molecule has 0 bridgehead atoms. The van der Waals surface area contributed by atoms with Gasteiger partial charge < -0.3 is 9.64 Å². The Hall–Kier alpha value is -1.56. The number of methoxy groups -OCH3 is 1. The highest BCUT2D eigenvalue weighted by Gasteiger charge is 2.36. The van der Waals surface area contributed by atoms with Gasteiger partial charge in [-0.3, -0.25) is 4.79 Å². The van der Waals surface area contributed by atoms with Crippen LogP contribution in [-0.2, 0) is 21.1 Å². The summed E-state index contributed by atoms with van der Waals surface area (Å²) in [5.41, 5.74) is 2.38. The molecule has 0 unspecified atom stereocenters. The number of hydrogen-bond donors (Lipinski definition) is 0. The van der Waals surface area contributed by atoms with Gasteiger partial charge in [0.1, 0.15) is 5.75 Å². The Labute approximate surface area is 143 Å². The van der Waals surface area contributed by atoms with Gasteiger partial charge in [-0.1, -0.05) is 6.07 Å². The number of nitrogens with zero attached hydrogens (tertiary/aromatic N) is 1. The van der Waals surface area contributed by atoms with Crippen molar-refractivity contribution in [2.24, 2.45) is 5.92 Å². The van der Waals surface area contributed by atoms with Crippen LogP contribution >= 0.6 is 0 Å².